The summed E-state index contributed by atoms with van der Waals surface area (Å²) in [4.78, 5) is 4.51. The summed E-state index contributed by atoms with van der Waals surface area (Å²) in [5.41, 5.74) is 1.36. The van der Waals surface area contributed by atoms with Gasteiger partial charge in [-0.05, 0) is 56.0 Å². The van der Waals surface area contributed by atoms with E-state index in [1.165, 1.54) is 19.3 Å². The highest BCUT2D eigenvalue weighted by Gasteiger charge is 2.56. The Labute approximate surface area is 133 Å². The van der Waals surface area contributed by atoms with Gasteiger partial charge in [-0.3, -0.25) is 0 Å². The molecule has 1 saturated heterocycles. The SMILES string of the molecule is Clc1ccc(-n2ncnc2[C@H]2CC23CCNCC3)cc1Cl. The maximum atomic E-state index is 6.12. The predicted octanol–water partition coefficient (Wildman–Crippen LogP) is 3.43. The van der Waals surface area contributed by atoms with Crippen molar-refractivity contribution in [2.24, 2.45) is 5.41 Å². The molecule has 1 N–H and O–H groups in total. The topological polar surface area (TPSA) is 42.7 Å². The van der Waals surface area contributed by atoms with E-state index in [0.717, 1.165) is 24.6 Å². The first-order chi connectivity index (χ1) is 10.2. The van der Waals surface area contributed by atoms with Crippen LogP contribution in [0.25, 0.3) is 5.69 Å². The molecule has 1 aromatic heterocycles. The first kappa shape index (κ1) is 13.6. The van der Waals surface area contributed by atoms with Gasteiger partial charge in [-0.2, -0.15) is 5.10 Å². The van der Waals surface area contributed by atoms with Crippen LogP contribution in [0.15, 0.2) is 24.5 Å². The van der Waals surface area contributed by atoms with Gasteiger partial charge in [-0.1, -0.05) is 23.2 Å². The van der Waals surface area contributed by atoms with Crippen molar-refractivity contribution >= 4 is 23.2 Å². The molecule has 0 radical (unpaired) electrons. The molecule has 2 heterocycles. The van der Waals surface area contributed by atoms with Gasteiger partial charge in [0.15, 0.2) is 0 Å². The molecule has 1 saturated carbocycles. The molecule has 21 heavy (non-hydrogen) atoms. The van der Waals surface area contributed by atoms with Crippen LogP contribution in [-0.2, 0) is 0 Å². The van der Waals surface area contributed by atoms with Gasteiger partial charge >= 0.3 is 0 Å². The zero-order valence-corrected chi connectivity index (χ0v) is 13.0. The van der Waals surface area contributed by atoms with Gasteiger partial charge < -0.3 is 5.32 Å². The molecule has 2 aromatic rings. The number of benzene rings is 1. The first-order valence-corrected chi connectivity index (χ1v) is 8.01. The third-order valence-corrected chi connectivity index (χ3v) is 5.56. The molecule has 0 bridgehead atoms. The summed E-state index contributed by atoms with van der Waals surface area (Å²) < 4.78 is 1.91. The highest BCUT2D eigenvalue weighted by Crippen LogP contribution is 2.63. The quantitative estimate of drug-likeness (QED) is 0.921. The molecule has 2 fully saturated rings. The minimum Gasteiger partial charge on any atom is -0.317 e. The summed E-state index contributed by atoms with van der Waals surface area (Å²) in [5.74, 6) is 1.56. The van der Waals surface area contributed by atoms with Gasteiger partial charge in [-0.15, -0.1) is 0 Å². The van der Waals surface area contributed by atoms with E-state index in [1.807, 2.05) is 16.8 Å². The Morgan fingerprint density at radius 1 is 1.19 bits per heavy atom. The van der Waals surface area contributed by atoms with E-state index in [9.17, 15) is 0 Å². The summed E-state index contributed by atoms with van der Waals surface area (Å²) in [5, 5.41) is 8.92. The van der Waals surface area contributed by atoms with Crippen molar-refractivity contribution in [3.63, 3.8) is 0 Å². The summed E-state index contributed by atoms with van der Waals surface area (Å²) in [6.07, 6.45) is 5.30. The molecule has 2 aliphatic rings. The predicted molar refractivity (Wildman–Crippen MR) is 83.3 cm³/mol. The van der Waals surface area contributed by atoms with Crippen molar-refractivity contribution in [1.29, 1.82) is 0 Å². The van der Waals surface area contributed by atoms with E-state index in [0.29, 0.717) is 21.4 Å². The van der Waals surface area contributed by atoms with Crippen molar-refractivity contribution in [2.75, 3.05) is 13.1 Å². The molecule has 1 aliphatic carbocycles. The Hall–Kier alpha value is -1.10. The Bertz CT molecular complexity index is 676. The van der Waals surface area contributed by atoms with E-state index < -0.39 is 0 Å². The van der Waals surface area contributed by atoms with Crippen LogP contribution in [0, 0.1) is 5.41 Å². The van der Waals surface area contributed by atoms with Gasteiger partial charge in [0.1, 0.15) is 12.2 Å². The number of hydrogen-bond donors (Lipinski definition) is 1. The molecule has 1 spiro atoms. The van der Waals surface area contributed by atoms with Crippen LogP contribution in [0.4, 0.5) is 0 Å². The third-order valence-electron chi connectivity index (χ3n) is 4.82. The maximum Gasteiger partial charge on any atom is 0.138 e. The first-order valence-electron chi connectivity index (χ1n) is 7.26. The summed E-state index contributed by atoms with van der Waals surface area (Å²) in [6.45, 7) is 2.22. The average molecular weight is 323 g/mol. The normalized spacial score (nSPS) is 23.4. The number of nitrogens with one attached hydrogen (secondary N) is 1. The second-order valence-electron chi connectivity index (χ2n) is 6.00. The molecule has 0 amide bonds. The van der Waals surface area contributed by atoms with Crippen LogP contribution < -0.4 is 5.32 Å². The van der Waals surface area contributed by atoms with Crippen molar-refractivity contribution in [1.82, 2.24) is 20.1 Å². The zero-order chi connectivity index (χ0) is 14.4. The lowest BCUT2D eigenvalue weighted by Gasteiger charge is -2.23. The molecule has 4 rings (SSSR count). The number of rotatable bonds is 2. The second kappa shape index (κ2) is 4.97. The lowest BCUT2D eigenvalue weighted by molar-refractivity contribution is 0.339. The van der Waals surface area contributed by atoms with E-state index >= 15 is 0 Å². The van der Waals surface area contributed by atoms with Crippen molar-refractivity contribution in [3.8, 4) is 5.69 Å². The standard InChI is InChI=1S/C15H16Cl2N4/c16-12-2-1-10(7-13(12)17)21-14(19-9-20-21)11-8-15(11)3-5-18-6-4-15/h1-2,7,9,11,18H,3-6,8H2/t11-/m1/s1. The fourth-order valence-electron chi connectivity index (χ4n) is 3.49. The summed E-state index contributed by atoms with van der Waals surface area (Å²) in [7, 11) is 0. The molecule has 1 aliphatic heterocycles. The lowest BCUT2D eigenvalue weighted by atomic mass is 9.92. The maximum absolute atomic E-state index is 6.12. The minimum absolute atomic E-state index is 0.437. The highest BCUT2D eigenvalue weighted by atomic mass is 35.5. The van der Waals surface area contributed by atoms with Crippen LogP contribution in [0.3, 0.4) is 0 Å². The number of piperidine rings is 1. The van der Waals surface area contributed by atoms with E-state index in [1.54, 1.807) is 12.4 Å². The van der Waals surface area contributed by atoms with Gasteiger partial charge in [0.25, 0.3) is 0 Å². The second-order valence-corrected chi connectivity index (χ2v) is 6.81. The van der Waals surface area contributed by atoms with Crippen LogP contribution in [0.5, 0.6) is 0 Å². The molecule has 1 atom stereocenters. The van der Waals surface area contributed by atoms with Crippen LogP contribution in [0.2, 0.25) is 10.0 Å². The van der Waals surface area contributed by atoms with Crippen LogP contribution in [0.1, 0.15) is 31.0 Å². The Balaban J connectivity index is 1.67. The Kier molecular flexibility index (Phi) is 3.21. The minimum atomic E-state index is 0.437. The van der Waals surface area contributed by atoms with E-state index in [4.69, 9.17) is 23.2 Å². The number of aromatic nitrogens is 3. The van der Waals surface area contributed by atoms with Crippen molar-refractivity contribution in [3.05, 3.63) is 40.4 Å². The van der Waals surface area contributed by atoms with Crippen molar-refractivity contribution < 1.29 is 0 Å². The Morgan fingerprint density at radius 3 is 2.76 bits per heavy atom. The van der Waals surface area contributed by atoms with E-state index in [-0.39, 0.29) is 0 Å². The number of halogens is 2. The van der Waals surface area contributed by atoms with Crippen molar-refractivity contribution in [2.45, 2.75) is 25.2 Å². The zero-order valence-electron chi connectivity index (χ0n) is 11.5. The average Bonchev–Trinajstić information content (AvgIpc) is 2.97. The summed E-state index contributed by atoms with van der Waals surface area (Å²) in [6, 6.07) is 5.58. The molecule has 0 unspecified atom stereocenters. The molecular weight excluding hydrogens is 307 g/mol. The largest absolute Gasteiger partial charge is 0.317 e. The smallest absolute Gasteiger partial charge is 0.138 e. The molecule has 6 heteroatoms. The van der Waals surface area contributed by atoms with Gasteiger partial charge in [0, 0.05) is 5.92 Å². The van der Waals surface area contributed by atoms with E-state index in [2.05, 4.69) is 15.4 Å². The fraction of sp³-hybridized carbons (Fsp3) is 0.467. The molecule has 1 aromatic carbocycles. The highest BCUT2D eigenvalue weighted by molar-refractivity contribution is 6.42. The third kappa shape index (κ3) is 2.26. The monoisotopic (exact) mass is 322 g/mol. The molecule has 110 valence electrons. The van der Waals surface area contributed by atoms with Crippen LogP contribution in [-0.4, -0.2) is 27.9 Å². The van der Waals surface area contributed by atoms with Gasteiger partial charge in [-0.25, -0.2) is 9.67 Å². The fourth-order valence-corrected chi connectivity index (χ4v) is 3.79. The molecule has 4 nitrogen and oxygen atoms in total. The van der Waals surface area contributed by atoms with Crippen LogP contribution >= 0.6 is 23.2 Å². The van der Waals surface area contributed by atoms with Gasteiger partial charge in [0.05, 0.1) is 15.7 Å². The number of hydrogen-bond acceptors (Lipinski definition) is 3. The van der Waals surface area contributed by atoms with Gasteiger partial charge in [0.2, 0.25) is 0 Å². The lowest BCUT2D eigenvalue weighted by Crippen LogP contribution is -2.29. The summed E-state index contributed by atoms with van der Waals surface area (Å²) >= 11 is 12.1. The Morgan fingerprint density at radius 2 is 2.00 bits per heavy atom. The number of nitrogens with zero attached hydrogens (tertiary/aromatic N) is 3. The molecular formula is C15H16Cl2N4.